The second-order valence-electron chi connectivity index (χ2n) is 16.9. The van der Waals surface area contributed by atoms with Gasteiger partial charge in [-0.15, -0.1) is 0 Å². The van der Waals surface area contributed by atoms with E-state index >= 15 is 0 Å². The first-order valence-corrected chi connectivity index (χ1v) is 21.7. The molecule has 7 aromatic rings. The monoisotopic (exact) mass is 709 g/mol. The van der Waals surface area contributed by atoms with Crippen molar-refractivity contribution in [3.63, 3.8) is 0 Å². The summed E-state index contributed by atoms with van der Waals surface area (Å²) < 4.78 is 13.7. The molecular weight excluding hydrogens is 665 g/mol. The Morgan fingerprint density at radius 1 is 0.774 bits per heavy atom. The summed E-state index contributed by atoms with van der Waals surface area (Å²) >= 11 is 0. The predicted octanol–water partition coefficient (Wildman–Crippen LogP) is 7.38. The third-order valence-corrected chi connectivity index (χ3v) is 16.9. The number of hydrogen-bond donors (Lipinski definition) is 0. The molecule has 5 aromatic carbocycles. The third-order valence-electron chi connectivity index (χ3n) is 13.3. The average molecular weight is 710 g/mol. The lowest BCUT2D eigenvalue weighted by Gasteiger charge is -2.43. The summed E-state index contributed by atoms with van der Waals surface area (Å²) in [6.07, 6.45) is 7.90. The van der Waals surface area contributed by atoms with E-state index in [4.69, 9.17) is 9.72 Å². The Labute approximate surface area is 313 Å². The van der Waals surface area contributed by atoms with Gasteiger partial charge in [0, 0.05) is 23.6 Å². The highest BCUT2D eigenvalue weighted by molar-refractivity contribution is 7.02. The molecule has 5 heterocycles. The van der Waals surface area contributed by atoms with E-state index in [1.165, 1.54) is 54.8 Å². The topological polar surface area (TPSA) is 39.1 Å². The average Bonchev–Trinajstić information content (AvgIpc) is 3.77. The van der Waals surface area contributed by atoms with E-state index in [9.17, 15) is 0 Å². The predicted molar refractivity (Wildman–Crippen MR) is 219 cm³/mol. The molecule has 8 heteroatoms. The fourth-order valence-corrected chi connectivity index (χ4v) is 12.6. The Balaban J connectivity index is 1.09. The summed E-state index contributed by atoms with van der Waals surface area (Å²) in [4.78, 5) is 7.23. The van der Waals surface area contributed by atoms with Gasteiger partial charge in [-0.25, -0.2) is 4.98 Å². The molecule has 0 saturated heterocycles. The number of anilines is 1. The van der Waals surface area contributed by atoms with E-state index in [1.54, 1.807) is 0 Å². The van der Waals surface area contributed by atoms with Crippen LogP contribution in [0.4, 0.5) is 5.69 Å². The summed E-state index contributed by atoms with van der Waals surface area (Å²) in [5, 5.41) is 2.84. The largest absolute Gasteiger partial charge is 0.458 e. The minimum Gasteiger partial charge on any atom is -0.458 e. The van der Waals surface area contributed by atoms with Crippen molar-refractivity contribution in [1.82, 2.24) is 14.0 Å². The number of para-hydroxylation sites is 1. The minimum atomic E-state index is -2.09. The highest BCUT2D eigenvalue weighted by atomic mass is 28.3. The molecule has 0 unspecified atom stereocenters. The molecule has 6 nitrogen and oxygen atoms in total. The fraction of sp³-hybridized carbons (Fsp3) is 0.244. The van der Waals surface area contributed by atoms with Gasteiger partial charge in [-0.3, -0.25) is 9.13 Å². The van der Waals surface area contributed by atoms with Gasteiger partial charge < -0.3 is 14.0 Å². The molecule has 10 rings (SSSR count). The summed E-state index contributed by atoms with van der Waals surface area (Å²) in [7, 11) is 0.0843. The number of rotatable bonds is 3. The van der Waals surface area contributed by atoms with E-state index in [1.807, 2.05) is 6.20 Å². The summed E-state index contributed by atoms with van der Waals surface area (Å²) in [6.45, 7) is 19.0. The number of ether oxygens (including phenoxy) is 1. The van der Waals surface area contributed by atoms with Gasteiger partial charge in [-0.2, -0.15) is 0 Å². The Morgan fingerprint density at radius 2 is 1.47 bits per heavy atom. The third kappa shape index (κ3) is 4.16. The van der Waals surface area contributed by atoms with Crippen molar-refractivity contribution in [2.24, 2.45) is 0 Å². The van der Waals surface area contributed by atoms with Crippen LogP contribution in [0.1, 0.15) is 49.9 Å². The van der Waals surface area contributed by atoms with Gasteiger partial charge in [0.05, 0.1) is 22.4 Å². The van der Waals surface area contributed by atoms with Crippen LogP contribution in [0.5, 0.6) is 11.5 Å². The number of nitrogens with zero attached hydrogens (tertiary/aromatic N) is 5. The molecule has 0 N–H and O–H groups in total. The Bertz CT molecular complexity index is 2680. The van der Waals surface area contributed by atoms with Crippen molar-refractivity contribution in [3.8, 4) is 34.3 Å². The van der Waals surface area contributed by atoms with E-state index in [2.05, 4.69) is 184 Å². The van der Waals surface area contributed by atoms with Crippen LogP contribution in [0.2, 0.25) is 13.1 Å². The zero-order chi connectivity index (χ0) is 36.8. The molecule has 2 aromatic heterocycles. The Kier molecular flexibility index (Phi) is 6.48. The van der Waals surface area contributed by atoms with Crippen molar-refractivity contribution in [1.29, 1.82) is 0 Å². The number of benzene rings is 5. The van der Waals surface area contributed by atoms with Crippen LogP contribution in [0.3, 0.4) is 0 Å². The van der Waals surface area contributed by atoms with E-state index in [0.717, 1.165) is 34.3 Å². The molecular formula is C45H44BN5OSi. The van der Waals surface area contributed by atoms with Crippen LogP contribution >= 0.6 is 0 Å². The summed E-state index contributed by atoms with van der Waals surface area (Å²) in [6, 6.07) is 33.4. The normalized spacial score (nSPS) is 16.8. The maximum atomic E-state index is 6.77. The molecule has 0 bridgehead atoms. The van der Waals surface area contributed by atoms with Crippen molar-refractivity contribution < 1.29 is 9.30 Å². The molecule has 0 aliphatic carbocycles. The van der Waals surface area contributed by atoms with Crippen molar-refractivity contribution in [2.75, 3.05) is 11.9 Å². The van der Waals surface area contributed by atoms with E-state index < -0.39 is 8.07 Å². The van der Waals surface area contributed by atoms with Crippen molar-refractivity contribution in [3.05, 3.63) is 132 Å². The van der Waals surface area contributed by atoms with Crippen molar-refractivity contribution in [2.45, 2.75) is 65.5 Å². The highest BCUT2D eigenvalue weighted by Gasteiger charge is 2.47. The maximum absolute atomic E-state index is 6.77. The van der Waals surface area contributed by atoms with E-state index in [-0.39, 0.29) is 17.8 Å². The Morgan fingerprint density at radius 3 is 2.26 bits per heavy atom. The molecule has 0 radical (unpaired) electrons. The molecule has 53 heavy (non-hydrogen) atoms. The molecule has 3 aliphatic heterocycles. The van der Waals surface area contributed by atoms with Gasteiger partial charge in [0.1, 0.15) is 25.4 Å². The summed E-state index contributed by atoms with van der Waals surface area (Å²) in [5.41, 5.74) is 13.5. The van der Waals surface area contributed by atoms with Crippen LogP contribution in [0, 0.1) is 20.2 Å². The number of fused-ring (bicyclic) bond motifs is 7. The highest BCUT2D eigenvalue weighted by Crippen LogP contribution is 2.49. The van der Waals surface area contributed by atoms with Crippen LogP contribution in [-0.2, 0) is 10.8 Å². The second-order valence-corrected chi connectivity index (χ2v) is 21.3. The van der Waals surface area contributed by atoms with Gasteiger partial charge in [-0.1, -0.05) is 107 Å². The lowest BCUT2D eigenvalue weighted by molar-refractivity contribution is -0.573. The van der Waals surface area contributed by atoms with Gasteiger partial charge in [0.15, 0.2) is 0 Å². The number of hydrogen-bond acceptors (Lipinski definition) is 3. The molecule has 3 aliphatic rings. The number of aryl methyl sites for hydroxylation is 2. The van der Waals surface area contributed by atoms with E-state index in [0.29, 0.717) is 0 Å². The first-order chi connectivity index (χ1) is 25.3. The zero-order valence-electron chi connectivity index (χ0n) is 32.0. The van der Waals surface area contributed by atoms with Crippen LogP contribution in [0.25, 0.3) is 33.8 Å². The summed E-state index contributed by atoms with van der Waals surface area (Å²) in [5.74, 6) is 2.55. The second kappa shape index (κ2) is 10.6. The molecule has 0 fully saturated rings. The van der Waals surface area contributed by atoms with Gasteiger partial charge in [0.2, 0.25) is 0 Å². The first kappa shape index (κ1) is 32.3. The van der Waals surface area contributed by atoms with Crippen molar-refractivity contribution >= 4 is 47.6 Å². The quantitative estimate of drug-likeness (QED) is 0.109. The maximum Gasteiger partial charge on any atom is 0.417 e. The van der Waals surface area contributed by atoms with Gasteiger partial charge >= 0.3 is 6.98 Å². The number of imidazole rings is 2. The SMILES string of the molecule is Cc1cccc(C)c1B1N(C)c2ccc(Oc3ccc4c(c3)-n3[c-][n+]5c6c(ccc(c63)[Si]4(C)C)C(C)(C)C(C)(C)c3ccccc3-5)cc2-c2nccn21. The van der Waals surface area contributed by atoms with Gasteiger partial charge in [0.25, 0.3) is 6.33 Å². The first-order valence-electron chi connectivity index (χ1n) is 18.7. The minimum absolute atomic E-state index is 0.0193. The lowest BCUT2D eigenvalue weighted by atomic mass is 9.60. The molecule has 0 spiro atoms. The fourth-order valence-electron chi connectivity index (χ4n) is 9.70. The van der Waals surface area contributed by atoms with Crippen LogP contribution < -0.4 is 30.0 Å². The molecule has 0 saturated carbocycles. The molecule has 0 amide bonds. The molecule has 0 atom stereocenters. The number of aromatic nitrogens is 4. The Hall–Kier alpha value is -5.34. The zero-order valence-corrected chi connectivity index (χ0v) is 33.0. The standard InChI is InChI=1S/C45H44BN5OSi/c1-28-13-12-14-29(2)40(28)46-48(7)35-20-17-30(25-32(35)43-47-23-24-51(43)46)52-31-18-21-38-37(26-31)50-27-49-36-16-11-10-15-33(36)44(3,4)45(5,6)34-19-22-39(53(38,8)9)42(50)41(34)49/h10-26H,1-9H3. The van der Waals surface area contributed by atoms with Gasteiger partial charge in [-0.05, 0) is 95.1 Å². The lowest BCUT2D eigenvalue weighted by Crippen LogP contribution is -2.57. The molecule has 262 valence electrons. The van der Waals surface area contributed by atoms with Crippen LogP contribution in [-0.4, -0.2) is 36.1 Å². The smallest absolute Gasteiger partial charge is 0.417 e. The van der Waals surface area contributed by atoms with Crippen LogP contribution in [0.15, 0.2) is 103 Å².